The maximum absolute atomic E-state index is 11.9. The molecule has 7 nitrogen and oxygen atoms in total. The first-order chi connectivity index (χ1) is 10.7. The Morgan fingerprint density at radius 2 is 2.09 bits per heavy atom. The minimum absolute atomic E-state index is 0.147. The van der Waals surface area contributed by atoms with E-state index in [1.165, 1.54) is 6.26 Å². The van der Waals surface area contributed by atoms with Crippen LogP contribution < -0.4 is 5.32 Å². The summed E-state index contributed by atoms with van der Waals surface area (Å²) < 4.78 is 15.8. The number of nitrogens with one attached hydrogen (secondary N) is 1. The van der Waals surface area contributed by atoms with E-state index in [-0.39, 0.29) is 23.6 Å². The van der Waals surface area contributed by atoms with Crippen molar-refractivity contribution < 1.29 is 18.0 Å². The molecule has 0 saturated carbocycles. The van der Waals surface area contributed by atoms with Gasteiger partial charge in [-0.25, -0.2) is 0 Å². The van der Waals surface area contributed by atoms with Gasteiger partial charge in [-0.15, -0.1) is 10.2 Å². The Labute approximate surface area is 130 Å². The molecule has 22 heavy (non-hydrogen) atoms. The van der Waals surface area contributed by atoms with Gasteiger partial charge in [0, 0.05) is 0 Å². The van der Waals surface area contributed by atoms with Crippen LogP contribution in [0.25, 0.3) is 11.7 Å². The Hall–Kier alpha value is -2.48. The zero-order valence-corrected chi connectivity index (χ0v) is 12.5. The van der Waals surface area contributed by atoms with Crippen molar-refractivity contribution in [3.05, 3.63) is 42.6 Å². The standard InChI is InChI=1S/C14H13N3O4S/c1-9(10-4-2-6-19-10)15-12(18)8-22-14-17-16-13(21-14)11-5-3-7-20-11/h2-7,9H,8H2,1H3,(H,15,18)/t9-/m0/s1. The lowest BCUT2D eigenvalue weighted by Gasteiger charge is -2.10. The molecule has 0 aliphatic heterocycles. The Morgan fingerprint density at radius 1 is 1.27 bits per heavy atom. The number of nitrogens with zero attached hydrogens (tertiary/aromatic N) is 2. The molecule has 0 aliphatic carbocycles. The van der Waals surface area contributed by atoms with Crippen LogP contribution >= 0.6 is 11.8 Å². The molecule has 1 N–H and O–H groups in total. The van der Waals surface area contributed by atoms with Gasteiger partial charge >= 0.3 is 0 Å². The lowest BCUT2D eigenvalue weighted by atomic mass is 10.2. The van der Waals surface area contributed by atoms with Crippen LogP contribution in [0.5, 0.6) is 0 Å². The molecule has 0 saturated heterocycles. The number of aromatic nitrogens is 2. The fourth-order valence-electron chi connectivity index (χ4n) is 1.79. The van der Waals surface area contributed by atoms with E-state index in [9.17, 15) is 4.79 Å². The van der Waals surface area contributed by atoms with Gasteiger partial charge in [-0.3, -0.25) is 4.79 Å². The highest BCUT2D eigenvalue weighted by molar-refractivity contribution is 7.99. The van der Waals surface area contributed by atoms with Crippen molar-refractivity contribution in [3.63, 3.8) is 0 Å². The lowest BCUT2D eigenvalue weighted by molar-refractivity contribution is -0.119. The summed E-state index contributed by atoms with van der Waals surface area (Å²) in [5.41, 5.74) is 0. The molecule has 0 spiro atoms. The van der Waals surface area contributed by atoms with E-state index in [1.807, 2.05) is 13.0 Å². The number of carbonyl (C=O) groups is 1. The maximum Gasteiger partial charge on any atom is 0.284 e. The van der Waals surface area contributed by atoms with E-state index in [2.05, 4.69) is 15.5 Å². The number of carbonyl (C=O) groups excluding carboxylic acids is 1. The minimum Gasteiger partial charge on any atom is -0.467 e. The van der Waals surface area contributed by atoms with Gasteiger partial charge in [-0.2, -0.15) is 0 Å². The summed E-state index contributed by atoms with van der Waals surface area (Å²) >= 11 is 1.16. The number of hydrogen-bond acceptors (Lipinski definition) is 7. The third-order valence-electron chi connectivity index (χ3n) is 2.81. The van der Waals surface area contributed by atoms with Crippen molar-refractivity contribution in [2.75, 3.05) is 5.75 Å². The first kappa shape index (κ1) is 14.5. The molecule has 1 amide bonds. The van der Waals surface area contributed by atoms with Crippen LogP contribution in [0.2, 0.25) is 0 Å². The summed E-state index contributed by atoms with van der Waals surface area (Å²) in [5.74, 6) is 1.51. The molecule has 0 radical (unpaired) electrons. The van der Waals surface area contributed by atoms with Crippen LogP contribution in [-0.4, -0.2) is 21.9 Å². The largest absolute Gasteiger partial charge is 0.467 e. The maximum atomic E-state index is 11.9. The quantitative estimate of drug-likeness (QED) is 0.698. The summed E-state index contributed by atoms with van der Waals surface area (Å²) in [6, 6.07) is 6.85. The van der Waals surface area contributed by atoms with E-state index in [1.54, 1.807) is 24.5 Å². The van der Waals surface area contributed by atoms with Crippen LogP contribution in [0, 0.1) is 0 Å². The molecule has 8 heteroatoms. The predicted octanol–water partition coefficient (Wildman–Crippen LogP) is 2.89. The molecule has 1 atom stereocenters. The van der Waals surface area contributed by atoms with Gasteiger partial charge in [-0.1, -0.05) is 11.8 Å². The van der Waals surface area contributed by atoms with Gasteiger partial charge in [0.1, 0.15) is 5.76 Å². The summed E-state index contributed by atoms with van der Waals surface area (Å²) in [5, 5.41) is 10.9. The van der Waals surface area contributed by atoms with Crippen molar-refractivity contribution in [3.8, 4) is 11.7 Å². The molecule has 0 aliphatic rings. The molecule has 3 aromatic rings. The van der Waals surface area contributed by atoms with E-state index >= 15 is 0 Å². The van der Waals surface area contributed by atoms with Gasteiger partial charge in [-0.05, 0) is 31.2 Å². The number of thioether (sulfide) groups is 1. The third-order valence-corrected chi connectivity index (χ3v) is 3.63. The van der Waals surface area contributed by atoms with Crippen LogP contribution in [0.1, 0.15) is 18.7 Å². The van der Waals surface area contributed by atoms with Crippen LogP contribution in [0.3, 0.4) is 0 Å². The molecule has 0 fully saturated rings. The highest BCUT2D eigenvalue weighted by Crippen LogP contribution is 2.23. The molecule has 3 rings (SSSR count). The van der Waals surface area contributed by atoms with Crippen LogP contribution in [0.15, 0.2) is 55.3 Å². The number of furan rings is 2. The van der Waals surface area contributed by atoms with Crippen molar-refractivity contribution >= 4 is 17.7 Å². The van der Waals surface area contributed by atoms with Crippen molar-refractivity contribution in [2.24, 2.45) is 0 Å². The third kappa shape index (κ3) is 3.40. The zero-order valence-electron chi connectivity index (χ0n) is 11.7. The van der Waals surface area contributed by atoms with Gasteiger partial charge in [0.25, 0.3) is 11.1 Å². The molecule has 3 heterocycles. The van der Waals surface area contributed by atoms with Crippen molar-refractivity contribution in [1.29, 1.82) is 0 Å². The first-order valence-electron chi connectivity index (χ1n) is 6.55. The predicted molar refractivity (Wildman–Crippen MR) is 78.0 cm³/mol. The highest BCUT2D eigenvalue weighted by atomic mass is 32.2. The second-order valence-corrected chi connectivity index (χ2v) is 5.37. The van der Waals surface area contributed by atoms with Crippen molar-refractivity contribution in [1.82, 2.24) is 15.5 Å². The van der Waals surface area contributed by atoms with E-state index in [0.717, 1.165) is 11.8 Å². The molecular formula is C14H13N3O4S. The topological polar surface area (TPSA) is 94.3 Å². The van der Waals surface area contributed by atoms with E-state index in [0.29, 0.717) is 16.7 Å². The molecule has 0 aromatic carbocycles. The fourth-order valence-corrected chi connectivity index (χ4v) is 2.36. The zero-order chi connectivity index (χ0) is 15.4. The molecular weight excluding hydrogens is 306 g/mol. The van der Waals surface area contributed by atoms with Gasteiger partial charge in [0.15, 0.2) is 5.76 Å². The highest BCUT2D eigenvalue weighted by Gasteiger charge is 2.15. The summed E-state index contributed by atoms with van der Waals surface area (Å²) in [6.45, 7) is 1.85. The Morgan fingerprint density at radius 3 is 2.82 bits per heavy atom. The number of amides is 1. The van der Waals surface area contributed by atoms with E-state index < -0.39 is 0 Å². The smallest absolute Gasteiger partial charge is 0.284 e. The van der Waals surface area contributed by atoms with Gasteiger partial charge in [0.05, 0.1) is 24.3 Å². The molecule has 114 valence electrons. The van der Waals surface area contributed by atoms with E-state index in [4.69, 9.17) is 13.3 Å². The average Bonchev–Trinajstić information content (AvgIpc) is 3.25. The Balaban J connectivity index is 1.51. The summed E-state index contributed by atoms with van der Waals surface area (Å²) in [7, 11) is 0. The minimum atomic E-state index is -0.190. The van der Waals surface area contributed by atoms with Crippen LogP contribution in [-0.2, 0) is 4.79 Å². The second kappa shape index (κ2) is 6.52. The van der Waals surface area contributed by atoms with Gasteiger partial charge < -0.3 is 18.6 Å². The van der Waals surface area contributed by atoms with Gasteiger partial charge in [0.2, 0.25) is 5.91 Å². The van der Waals surface area contributed by atoms with Crippen LogP contribution in [0.4, 0.5) is 0 Å². The number of hydrogen-bond donors (Lipinski definition) is 1. The first-order valence-corrected chi connectivity index (χ1v) is 7.54. The summed E-state index contributed by atoms with van der Waals surface area (Å²) in [6.07, 6.45) is 3.09. The molecule has 3 aromatic heterocycles. The monoisotopic (exact) mass is 319 g/mol. The fraction of sp³-hybridized carbons (Fsp3) is 0.214. The molecule has 0 bridgehead atoms. The SMILES string of the molecule is C[C@H](NC(=O)CSc1nnc(-c2ccco2)o1)c1ccco1. The normalized spacial score (nSPS) is 12.2. The second-order valence-electron chi connectivity index (χ2n) is 4.44. The van der Waals surface area contributed by atoms with Crippen molar-refractivity contribution in [2.45, 2.75) is 18.2 Å². The molecule has 0 unspecified atom stereocenters. The number of rotatable bonds is 6. The Bertz CT molecular complexity index is 721. The Kier molecular flexibility index (Phi) is 4.29. The average molecular weight is 319 g/mol. The lowest BCUT2D eigenvalue weighted by Crippen LogP contribution is -2.27. The summed E-state index contributed by atoms with van der Waals surface area (Å²) in [4.78, 5) is 11.9.